The molecule has 2 aliphatic heterocycles. The first-order chi connectivity index (χ1) is 24.8. The second-order valence-electron chi connectivity index (χ2n) is 14.6. The van der Waals surface area contributed by atoms with Crippen molar-refractivity contribution in [2.75, 3.05) is 49.3 Å². The van der Waals surface area contributed by atoms with Crippen molar-refractivity contribution in [3.8, 4) is 11.3 Å². The molecule has 3 aromatic heterocycles. The minimum absolute atomic E-state index is 0.00842. The molecular formula is C38H43N9O5. The third-order valence-corrected chi connectivity index (χ3v) is 10.3. The molecule has 0 radical (unpaired) electrons. The zero-order valence-electron chi connectivity index (χ0n) is 30.1. The van der Waals surface area contributed by atoms with Crippen molar-refractivity contribution in [2.24, 2.45) is 12.5 Å². The number of likely N-dealkylation sites (N-methyl/N-ethyl adjacent to an activating group) is 2. The van der Waals surface area contributed by atoms with Crippen molar-refractivity contribution < 1.29 is 19.5 Å². The number of aliphatic hydroxyl groups is 1. The standard InChI is InChI=1S/C38H43N9O5/c1-7-31(49)41-27-17-23(8-9-25(27)32-36(51)44(5)13-12-43(32)4)40-33-37(52)45(6)20-28(42-33)24-10-11-39-34(26(24)21-48)47-15-14-46-29(35(47)50)16-22-18-38(2,3)19-30(22)46/h7-11,16-17,20,32,48H,1,12-15,18-19,21H2,2-6H3,(H,40,42)(H,41,49)/t32-/m1/s1. The third-order valence-electron chi connectivity index (χ3n) is 10.3. The van der Waals surface area contributed by atoms with Crippen LogP contribution in [0.3, 0.4) is 0 Å². The van der Waals surface area contributed by atoms with Crippen LogP contribution in [0.15, 0.2) is 60.2 Å². The van der Waals surface area contributed by atoms with Gasteiger partial charge in [0.25, 0.3) is 11.5 Å². The first-order valence-corrected chi connectivity index (χ1v) is 17.3. The molecule has 1 saturated heterocycles. The highest BCUT2D eigenvalue weighted by atomic mass is 16.3. The maximum Gasteiger partial charge on any atom is 0.293 e. The molecule has 4 aromatic rings. The monoisotopic (exact) mass is 705 g/mol. The number of pyridine rings is 1. The highest BCUT2D eigenvalue weighted by Gasteiger charge is 2.38. The number of carbonyl (C=O) groups is 3. The number of piperazine rings is 1. The van der Waals surface area contributed by atoms with E-state index < -0.39 is 24.1 Å². The summed E-state index contributed by atoms with van der Waals surface area (Å²) in [6.45, 7) is 9.87. The average Bonchev–Trinajstić information content (AvgIpc) is 3.61. The molecule has 1 aliphatic carbocycles. The fraction of sp³-hybridized carbons (Fsp3) is 0.368. The van der Waals surface area contributed by atoms with E-state index in [0.717, 1.165) is 18.9 Å². The van der Waals surface area contributed by atoms with Crippen molar-refractivity contribution in [3.05, 3.63) is 93.8 Å². The molecule has 1 atom stereocenters. The number of nitrogens with zero attached hydrogens (tertiary/aromatic N) is 7. The van der Waals surface area contributed by atoms with Gasteiger partial charge in [-0.05, 0) is 61.2 Å². The molecule has 52 heavy (non-hydrogen) atoms. The van der Waals surface area contributed by atoms with Gasteiger partial charge in [0.15, 0.2) is 5.82 Å². The first kappa shape index (κ1) is 34.8. The van der Waals surface area contributed by atoms with Gasteiger partial charge in [-0.2, -0.15) is 0 Å². The molecule has 14 heteroatoms. The first-order valence-electron chi connectivity index (χ1n) is 17.3. The van der Waals surface area contributed by atoms with Gasteiger partial charge in [-0.3, -0.25) is 29.0 Å². The Hall–Kier alpha value is -5.60. The van der Waals surface area contributed by atoms with Gasteiger partial charge in [0, 0.05) is 86.4 Å². The fourth-order valence-corrected chi connectivity index (χ4v) is 7.66. The van der Waals surface area contributed by atoms with Crippen molar-refractivity contribution in [3.63, 3.8) is 0 Å². The number of hydrogen-bond acceptors (Lipinski definition) is 9. The summed E-state index contributed by atoms with van der Waals surface area (Å²) in [5.41, 5.74) is 5.52. The molecule has 3 N–H and O–H groups in total. The Morgan fingerprint density at radius 1 is 1.06 bits per heavy atom. The van der Waals surface area contributed by atoms with E-state index in [-0.39, 0.29) is 23.0 Å². The minimum Gasteiger partial charge on any atom is -0.392 e. The number of anilines is 4. The Balaban J connectivity index is 1.22. The number of carbonyl (C=O) groups excluding carboxylic acids is 3. The third kappa shape index (κ3) is 6.07. The van der Waals surface area contributed by atoms with E-state index in [1.165, 1.54) is 15.8 Å². The number of fused-ring (bicyclic) bond motifs is 3. The topological polar surface area (TPSA) is 158 Å². The van der Waals surface area contributed by atoms with Crippen LogP contribution >= 0.6 is 0 Å². The highest BCUT2D eigenvalue weighted by molar-refractivity contribution is 6.06. The number of hydrogen-bond donors (Lipinski definition) is 3. The molecule has 1 aromatic carbocycles. The molecule has 14 nitrogen and oxygen atoms in total. The van der Waals surface area contributed by atoms with Crippen LogP contribution in [-0.4, -0.2) is 85.5 Å². The Bertz CT molecular complexity index is 2200. The molecule has 0 saturated carbocycles. The summed E-state index contributed by atoms with van der Waals surface area (Å²) in [5.74, 6) is -0.396. The summed E-state index contributed by atoms with van der Waals surface area (Å²) < 4.78 is 3.51. The number of rotatable bonds is 8. The van der Waals surface area contributed by atoms with E-state index in [2.05, 4.69) is 45.6 Å². The lowest BCUT2D eigenvalue weighted by molar-refractivity contribution is -0.139. The van der Waals surface area contributed by atoms with Crippen LogP contribution < -0.4 is 21.1 Å². The molecule has 3 amide bonds. The predicted octanol–water partition coefficient (Wildman–Crippen LogP) is 3.23. The predicted molar refractivity (Wildman–Crippen MR) is 197 cm³/mol. The van der Waals surface area contributed by atoms with Gasteiger partial charge in [0.1, 0.15) is 17.6 Å². The maximum absolute atomic E-state index is 13.9. The van der Waals surface area contributed by atoms with Gasteiger partial charge >= 0.3 is 0 Å². The zero-order valence-corrected chi connectivity index (χ0v) is 30.1. The summed E-state index contributed by atoms with van der Waals surface area (Å²) in [5, 5.41) is 16.6. The van der Waals surface area contributed by atoms with Gasteiger partial charge in [-0.15, -0.1) is 0 Å². The van der Waals surface area contributed by atoms with Gasteiger partial charge < -0.3 is 29.8 Å². The normalized spacial score (nSPS) is 18.3. The molecule has 0 unspecified atom stereocenters. The molecule has 3 aliphatic rings. The summed E-state index contributed by atoms with van der Waals surface area (Å²) in [6, 6.07) is 8.20. The largest absolute Gasteiger partial charge is 0.392 e. The van der Waals surface area contributed by atoms with Crippen molar-refractivity contribution in [1.29, 1.82) is 0 Å². The molecule has 0 bridgehead atoms. The second kappa shape index (κ2) is 13.2. The Labute approximate surface area is 301 Å². The van der Waals surface area contributed by atoms with E-state index in [9.17, 15) is 24.3 Å². The number of aromatic nitrogens is 4. The number of aliphatic hydroxyl groups excluding tert-OH is 1. The van der Waals surface area contributed by atoms with E-state index in [1.807, 2.05) is 18.0 Å². The molecule has 270 valence electrons. The average molecular weight is 706 g/mol. The Morgan fingerprint density at radius 3 is 2.60 bits per heavy atom. The molecule has 5 heterocycles. The summed E-state index contributed by atoms with van der Waals surface area (Å²) in [4.78, 5) is 67.4. The molecule has 0 spiro atoms. The van der Waals surface area contributed by atoms with Gasteiger partial charge in [0.05, 0.1) is 12.3 Å². The van der Waals surface area contributed by atoms with Crippen molar-refractivity contribution in [2.45, 2.75) is 45.9 Å². The van der Waals surface area contributed by atoms with Crippen LogP contribution in [0.1, 0.15) is 52.8 Å². The van der Waals surface area contributed by atoms with E-state index in [1.54, 1.807) is 60.6 Å². The molecule has 1 fully saturated rings. The zero-order chi connectivity index (χ0) is 37.1. The number of nitrogens with one attached hydrogen (secondary N) is 2. The van der Waals surface area contributed by atoms with Gasteiger partial charge in [0.2, 0.25) is 11.8 Å². The molecular weight excluding hydrogens is 662 g/mol. The van der Waals surface area contributed by atoms with Gasteiger partial charge in [-0.1, -0.05) is 26.5 Å². The van der Waals surface area contributed by atoms with E-state index in [4.69, 9.17) is 0 Å². The summed E-state index contributed by atoms with van der Waals surface area (Å²) >= 11 is 0. The lowest BCUT2D eigenvalue weighted by Gasteiger charge is -2.37. The van der Waals surface area contributed by atoms with Crippen molar-refractivity contribution in [1.82, 2.24) is 28.9 Å². The lowest BCUT2D eigenvalue weighted by Crippen LogP contribution is -2.49. The SMILES string of the molecule is C=CC(=O)Nc1cc(Nc2nc(-c3ccnc(N4CCn5c(cc6c5CC(C)(C)C6)C4=O)c3CO)cn(C)c2=O)ccc1[C@@H]1C(=O)N(C)CCN1C. The number of amides is 3. The van der Waals surface area contributed by atoms with Crippen LogP contribution in [0.5, 0.6) is 0 Å². The molecule has 7 rings (SSSR count). The number of aryl methyl sites for hydroxylation is 1. The Morgan fingerprint density at radius 2 is 1.85 bits per heavy atom. The Kier molecular flexibility index (Phi) is 8.83. The van der Waals surface area contributed by atoms with E-state index in [0.29, 0.717) is 71.4 Å². The minimum atomic E-state index is -0.621. The summed E-state index contributed by atoms with van der Waals surface area (Å²) in [7, 11) is 5.20. The smallest absolute Gasteiger partial charge is 0.293 e. The second-order valence-corrected chi connectivity index (χ2v) is 14.6. The fourth-order valence-electron chi connectivity index (χ4n) is 7.66. The van der Waals surface area contributed by atoms with Crippen LogP contribution in [-0.2, 0) is 42.6 Å². The van der Waals surface area contributed by atoms with E-state index >= 15 is 0 Å². The quantitative estimate of drug-likeness (QED) is 0.234. The van der Waals surface area contributed by atoms with Gasteiger partial charge in [-0.25, -0.2) is 9.97 Å². The highest BCUT2D eigenvalue weighted by Crippen LogP contribution is 2.40. The van der Waals surface area contributed by atoms with Crippen LogP contribution in [0.2, 0.25) is 0 Å². The van der Waals surface area contributed by atoms with Crippen molar-refractivity contribution >= 4 is 40.7 Å². The van der Waals surface area contributed by atoms with Crippen LogP contribution in [0.25, 0.3) is 11.3 Å². The lowest BCUT2D eigenvalue weighted by atomic mass is 9.90. The van der Waals surface area contributed by atoms with Crippen LogP contribution in [0, 0.1) is 5.41 Å². The number of benzene rings is 1. The maximum atomic E-state index is 13.9. The van der Waals surface area contributed by atoms with Crippen LogP contribution in [0.4, 0.5) is 23.0 Å². The summed E-state index contributed by atoms with van der Waals surface area (Å²) in [6.07, 6.45) is 6.13.